The van der Waals surface area contributed by atoms with Gasteiger partial charge in [0.15, 0.2) is 0 Å². The number of rotatable bonds is 5. The topological polar surface area (TPSA) is 46.5 Å². The highest BCUT2D eigenvalue weighted by Crippen LogP contribution is 1.97. The molecule has 0 radical (unpaired) electrons. The minimum Gasteiger partial charge on any atom is -0.481 e. The Bertz CT molecular complexity index is 105. The lowest BCUT2D eigenvalue weighted by Gasteiger charge is -2.03. The van der Waals surface area contributed by atoms with Crippen molar-refractivity contribution in [3.8, 4) is 0 Å². The molecule has 10 heavy (non-hydrogen) atoms. The Morgan fingerprint density at radius 1 is 1.80 bits per heavy atom. The second-order valence-corrected chi connectivity index (χ2v) is 1.85. The number of halogens is 1. The van der Waals surface area contributed by atoms with Crippen molar-refractivity contribution in [1.29, 1.82) is 0 Å². The van der Waals surface area contributed by atoms with Gasteiger partial charge >= 0.3 is 5.97 Å². The van der Waals surface area contributed by atoms with Gasteiger partial charge in [-0.1, -0.05) is 0 Å². The van der Waals surface area contributed by atoms with E-state index in [2.05, 4.69) is 4.74 Å². The van der Waals surface area contributed by atoms with Crippen LogP contribution in [0.25, 0.3) is 0 Å². The summed E-state index contributed by atoms with van der Waals surface area (Å²) in [4.78, 5) is 9.88. The van der Waals surface area contributed by atoms with Crippen LogP contribution >= 0.6 is 0 Å². The van der Waals surface area contributed by atoms with E-state index in [1.807, 2.05) is 0 Å². The van der Waals surface area contributed by atoms with Gasteiger partial charge < -0.3 is 9.84 Å². The van der Waals surface area contributed by atoms with Crippen LogP contribution in [0.1, 0.15) is 13.3 Å². The van der Waals surface area contributed by atoms with Crippen molar-refractivity contribution < 1.29 is 19.0 Å². The van der Waals surface area contributed by atoms with Crippen LogP contribution in [0.4, 0.5) is 4.39 Å². The second-order valence-electron chi connectivity index (χ2n) is 1.85. The Hall–Kier alpha value is -0.640. The summed E-state index contributed by atoms with van der Waals surface area (Å²) in [6.07, 6.45) is -1.85. The molecule has 0 aromatic rings. The van der Waals surface area contributed by atoms with E-state index in [0.29, 0.717) is 6.61 Å². The predicted molar refractivity (Wildman–Crippen MR) is 33.6 cm³/mol. The van der Waals surface area contributed by atoms with Crippen LogP contribution in [-0.2, 0) is 9.53 Å². The first-order valence-corrected chi connectivity index (χ1v) is 3.10. The molecular formula is C6H11FO3. The third-order valence-corrected chi connectivity index (χ3v) is 0.899. The molecule has 1 atom stereocenters. The number of carbonyl (C=O) groups is 1. The van der Waals surface area contributed by atoms with E-state index in [4.69, 9.17) is 5.11 Å². The molecule has 60 valence electrons. The van der Waals surface area contributed by atoms with Crippen molar-refractivity contribution in [2.45, 2.75) is 19.5 Å². The molecule has 0 aromatic carbocycles. The van der Waals surface area contributed by atoms with Gasteiger partial charge in [0, 0.05) is 6.61 Å². The highest BCUT2D eigenvalue weighted by atomic mass is 19.1. The van der Waals surface area contributed by atoms with Crippen molar-refractivity contribution >= 4 is 5.97 Å². The summed E-state index contributed by atoms with van der Waals surface area (Å²) < 4.78 is 17.0. The van der Waals surface area contributed by atoms with E-state index < -0.39 is 18.6 Å². The Morgan fingerprint density at radius 2 is 2.40 bits per heavy atom. The fourth-order valence-electron chi connectivity index (χ4n) is 0.494. The molecule has 0 aromatic heterocycles. The minimum atomic E-state index is -1.38. The molecule has 0 amide bonds. The first kappa shape index (κ1) is 9.36. The first-order chi connectivity index (χ1) is 4.66. The zero-order valence-corrected chi connectivity index (χ0v) is 5.84. The van der Waals surface area contributed by atoms with Crippen LogP contribution < -0.4 is 0 Å². The summed E-state index contributed by atoms with van der Waals surface area (Å²) in [5.41, 5.74) is 0. The van der Waals surface area contributed by atoms with Crippen LogP contribution in [0.5, 0.6) is 0 Å². The van der Waals surface area contributed by atoms with Crippen molar-refractivity contribution in [1.82, 2.24) is 0 Å². The summed E-state index contributed by atoms with van der Waals surface area (Å²) in [5, 5.41) is 8.09. The van der Waals surface area contributed by atoms with Gasteiger partial charge in [-0.05, 0) is 6.92 Å². The van der Waals surface area contributed by atoms with Crippen molar-refractivity contribution in [3.63, 3.8) is 0 Å². The molecule has 0 saturated carbocycles. The van der Waals surface area contributed by atoms with Gasteiger partial charge in [-0.2, -0.15) is 0 Å². The molecule has 0 bridgehead atoms. The quantitative estimate of drug-likeness (QED) is 0.631. The van der Waals surface area contributed by atoms with Crippen LogP contribution in [-0.4, -0.2) is 30.5 Å². The number of hydrogen-bond acceptors (Lipinski definition) is 2. The van der Waals surface area contributed by atoms with Crippen LogP contribution in [0.2, 0.25) is 0 Å². The number of carboxylic acids is 1. The molecule has 0 aliphatic rings. The lowest BCUT2D eigenvalue weighted by Crippen LogP contribution is -2.14. The Morgan fingerprint density at radius 3 is 2.80 bits per heavy atom. The zero-order chi connectivity index (χ0) is 7.98. The average molecular weight is 150 g/mol. The normalized spacial score (nSPS) is 13.0. The Balaban J connectivity index is 3.25. The SMILES string of the molecule is CCOCC(F)CC(=O)O. The zero-order valence-electron chi connectivity index (χ0n) is 5.84. The number of aliphatic carboxylic acids is 1. The van der Waals surface area contributed by atoms with E-state index in [-0.39, 0.29) is 6.61 Å². The van der Waals surface area contributed by atoms with Crippen LogP contribution in [0.3, 0.4) is 0 Å². The molecule has 0 aliphatic carbocycles. The maximum absolute atomic E-state index is 12.3. The molecule has 0 rings (SSSR count). The standard InChI is InChI=1S/C6H11FO3/c1-2-10-4-5(7)3-6(8)9/h5H,2-4H2,1H3,(H,8,9). The molecule has 0 fully saturated rings. The van der Waals surface area contributed by atoms with E-state index in [1.165, 1.54) is 0 Å². The van der Waals surface area contributed by atoms with Gasteiger partial charge in [-0.25, -0.2) is 4.39 Å². The summed E-state index contributed by atoms with van der Waals surface area (Å²) in [6, 6.07) is 0. The number of alkyl halides is 1. The summed E-state index contributed by atoms with van der Waals surface area (Å²) >= 11 is 0. The first-order valence-electron chi connectivity index (χ1n) is 3.10. The third-order valence-electron chi connectivity index (χ3n) is 0.899. The summed E-state index contributed by atoms with van der Waals surface area (Å²) in [5.74, 6) is -1.13. The van der Waals surface area contributed by atoms with Gasteiger partial charge in [0.1, 0.15) is 6.17 Å². The maximum Gasteiger partial charge on any atom is 0.306 e. The van der Waals surface area contributed by atoms with E-state index in [0.717, 1.165) is 0 Å². The smallest absolute Gasteiger partial charge is 0.306 e. The monoisotopic (exact) mass is 150 g/mol. The van der Waals surface area contributed by atoms with E-state index in [9.17, 15) is 9.18 Å². The van der Waals surface area contributed by atoms with E-state index >= 15 is 0 Å². The molecule has 0 aliphatic heterocycles. The highest BCUT2D eigenvalue weighted by molar-refractivity contribution is 5.67. The number of ether oxygens (including phenoxy) is 1. The summed E-state index contributed by atoms with van der Waals surface area (Å²) in [6.45, 7) is 2.02. The maximum atomic E-state index is 12.3. The summed E-state index contributed by atoms with van der Waals surface area (Å²) in [7, 11) is 0. The molecule has 1 N–H and O–H groups in total. The number of carboxylic acid groups (broad SMARTS) is 1. The van der Waals surface area contributed by atoms with Crippen LogP contribution in [0, 0.1) is 0 Å². The predicted octanol–water partition coefficient (Wildman–Crippen LogP) is 0.836. The molecule has 1 unspecified atom stereocenters. The second kappa shape index (κ2) is 5.17. The lowest BCUT2D eigenvalue weighted by atomic mass is 10.3. The van der Waals surface area contributed by atoms with Crippen molar-refractivity contribution in [3.05, 3.63) is 0 Å². The van der Waals surface area contributed by atoms with Gasteiger partial charge in [0.05, 0.1) is 13.0 Å². The molecule has 0 spiro atoms. The highest BCUT2D eigenvalue weighted by Gasteiger charge is 2.10. The van der Waals surface area contributed by atoms with Gasteiger partial charge in [0.2, 0.25) is 0 Å². The Kier molecular flexibility index (Phi) is 4.84. The average Bonchev–Trinajstić information content (AvgIpc) is 1.82. The lowest BCUT2D eigenvalue weighted by molar-refractivity contribution is -0.138. The molecule has 0 saturated heterocycles. The fourth-order valence-corrected chi connectivity index (χ4v) is 0.494. The van der Waals surface area contributed by atoms with Gasteiger partial charge in [-0.15, -0.1) is 0 Å². The largest absolute Gasteiger partial charge is 0.481 e. The molecule has 4 heteroatoms. The number of hydrogen-bond donors (Lipinski definition) is 1. The third kappa shape index (κ3) is 5.50. The van der Waals surface area contributed by atoms with Crippen molar-refractivity contribution in [2.75, 3.05) is 13.2 Å². The fraction of sp³-hybridized carbons (Fsp3) is 0.833. The van der Waals surface area contributed by atoms with Crippen molar-refractivity contribution in [2.24, 2.45) is 0 Å². The van der Waals surface area contributed by atoms with E-state index in [1.54, 1.807) is 6.92 Å². The van der Waals surface area contributed by atoms with Gasteiger partial charge in [0.25, 0.3) is 0 Å². The van der Waals surface area contributed by atoms with Gasteiger partial charge in [-0.3, -0.25) is 4.79 Å². The molecular weight excluding hydrogens is 139 g/mol. The van der Waals surface area contributed by atoms with Crippen LogP contribution in [0.15, 0.2) is 0 Å². The molecule has 0 heterocycles. The minimum absolute atomic E-state index is 0.122. The molecule has 3 nitrogen and oxygen atoms in total. The Labute approximate surface area is 58.8 Å².